The quantitative estimate of drug-likeness (QED) is 0.273. The molecule has 0 amide bonds. The number of carbonyl (C=O) groups is 1. The first kappa shape index (κ1) is 20.4. The molecule has 0 aliphatic carbocycles. The number of hydrogen-bond donors (Lipinski definition) is 0. The van der Waals surface area contributed by atoms with Crippen molar-refractivity contribution in [3.05, 3.63) is 12.2 Å². The molecule has 0 spiro atoms. The van der Waals surface area contributed by atoms with Crippen LogP contribution >= 0.6 is 0 Å². The number of hydrogen-bond acceptors (Lipinski definition) is 6. The summed E-state index contributed by atoms with van der Waals surface area (Å²) in [4.78, 5) is 12.2. The summed E-state index contributed by atoms with van der Waals surface area (Å²) in [5, 5.41) is 0. The zero-order valence-corrected chi connectivity index (χ0v) is 15.5. The fourth-order valence-electron chi connectivity index (χ4n) is 3.25. The summed E-state index contributed by atoms with van der Waals surface area (Å²) in [5.74, 6) is -0.200. The number of methoxy groups -OCH3 is 1. The van der Waals surface area contributed by atoms with Gasteiger partial charge >= 0.3 is 5.97 Å². The normalized spacial score (nSPS) is 29.7. The summed E-state index contributed by atoms with van der Waals surface area (Å²) < 4.78 is 27.7. The summed E-state index contributed by atoms with van der Waals surface area (Å²) in [6.07, 6.45) is 10.5. The zero-order valence-electron chi connectivity index (χ0n) is 15.5. The second-order valence-electron chi connectivity index (χ2n) is 6.65. The lowest BCUT2D eigenvalue weighted by molar-refractivity contribution is -0.166. The number of rotatable bonds is 9. The molecule has 1 fully saturated rings. The van der Waals surface area contributed by atoms with Crippen molar-refractivity contribution in [2.45, 2.75) is 82.7 Å². The number of ether oxygens (including phenoxy) is 5. The molecule has 0 unspecified atom stereocenters. The Kier molecular flexibility index (Phi) is 9.47. The fourth-order valence-corrected chi connectivity index (χ4v) is 3.25. The minimum Gasteiger partial charge on any atom is -0.459 e. The smallest absolute Gasteiger partial charge is 0.306 e. The highest BCUT2D eigenvalue weighted by molar-refractivity contribution is 5.69. The van der Waals surface area contributed by atoms with E-state index in [9.17, 15) is 4.79 Å². The van der Waals surface area contributed by atoms with Crippen LogP contribution in [0.2, 0.25) is 0 Å². The molecule has 0 aromatic carbocycles. The Balaban J connectivity index is 1.97. The minimum absolute atomic E-state index is 0.0602. The average molecular weight is 356 g/mol. The maximum atomic E-state index is 12.2. The molecule has 2 aliphatic rings. The monoisotopic (exact) mass is 356 g/mol. The summed E-state index contributed by atoms with van der Waals surface area (Å²) in [7, 11) is 1.60. The Hall–Kier alpha value is -0.950. The first-order valence-corrected chi connectivity index (χ1v) is 9.44. The number of fused-ring (bicyclic) bond motifs is 1. The topological polar surface area (TPSA) is 63.2 Å². The number of esters is 1. The van der Waals surface area contributed by atoms with E-state index in [0.29, 0.717) is 19.3 Å². The predicted molar refractivity (Wildman–Crippen MR) is 93.0 cm³/mol. The van der Waals surface area contributed by atoms with E-state index in [1.165, 1.54) is 12.8 Å². The minimum atomic E-state index is -0.292. The number of carbonyl (C=O) groups excluding carboxylic acids is 1. The summed E-state index contributed by atoms with van der Waals surface area (Å²) >= 11 is 0. The molecule has 0 saturated carbocycles. The first-order valence-electron chi connectivity index (χ1n) is 9.44. The molecule has 4 atom stereocenters. The molecule has 0 aromatic rings. The van der Waals surface area contributed by atoms with Gasteiger partial charge < -0.3 is 23.7 Å². The third kappa shape index (κ3) is 7.05. The van der Waals surface area contributed by atoms with Gasteiger partial charge in [-0.3, -0.25) is 4.79 Å². The van der Waals surface area contributed by atoms with Gasteiger partial charge in [0.15, 0.2) is 0 Å². The van der Waals surface area contributed by atoms with E-state index in [0.717, 1.165) is 19.3 Å². The molecule has 6 nitrogen and oxygen atoms in total. The van der Waals surface area contributed by atoms with E-state index in [1.54, 1.807) is 7.11 Å². The Bertz CT molecular complexity index is 411. The zero-order chi connectivity index (χ0) is 17.9. The van der Waals surface area contributed by atoms with Gasteiger partial charge in [0.1, 0.15) is 25.8 Å². The van der Waals surface area contributed by atoms with E-state index in [-0.39, 0.29) is 44.0 Å². The molecule has 2 heterocycles. The Morgan fingerprint density at radius 2 is 2.16 bits per heavy atom. The van der Waals surface area contributed by atoms with Crippen LogP contribution in [-0.4, -0.2) is 51.1 Å². The van der Waals surface area contributed by atoms with Gasteiger partial charge in [-0.1, -0.05) is 44.8 Å². The standard InChI is InChI=1S/C19H32O6/c1-3-4-5-6-8-16(22-13-21-2)18-10-7-9-15-17(24-14-23-15)11-12-19(20)25-18/h7,9,15-18H,3-6,8,10-14H2,1-2H3/b9-7+/t15-,16+,17-,18+/m1/s1. The molecule has 25 heavy (non-hydrogen) atoms. The highest BCUT2D eigenvalue weighted by Gasteiger charge is 2.31. The highest BCUT2D eigenvalue weighted by atomic mass is 16.7. The average Bonchev–Trinajstić information content (AvgIpc) is 3.06. The van der Waals surface area contributed by atoms with Crippen LogP contribution in [0.25, 0.3) is 0 Å². The fraction of sp³-hybridized carbons (Fsp3) is 0.842. The van der Waals surface area contributed by atoms with Crippen LogP contribution in [0.5, 0.6) is 0 Å². The largest absolute Gasteiger partial charge is 0.459 e. The molecule has 1 saturated heterocycles. The lowest BCUT2D eigenvalue weighted by atomic mass is 10.0. The Morgan fingerprint density at radius 3 is 2.96 bits per heavy atom. The van der Waals surface area contributed by atoms with Crippen molar-refractivity contribution in [3.63, 3.8) is 0 Å². The van der Waals surface area contributed by atoms with Crippen molar-refractivity contribution in [2.75, 3.05) is 20.7 Å². The van der Waals surface area contributed by atoms with Gasteiger partial charge in [0.2, 0.25) is 0 Å². The van der Waals surface area contributed by atoms with Crippen LogP contribution in [0.1, 0.15) is 58.3 Å². The molecule has 0 radical (unpaired) electrons. The molecule has 0 aromatic heterocycles. The number of cyclic esters (lactones) is 1. The second kappa shape index (κ2) is 11.6. The first-order chi connectivity index (χ1) is 12.2. The van der Waals surface area contributed by atoms with E-state index in [4.69, 9.17) is 23.7 Å². The van der Waals surface area contributed by atoms with Gasteiger partial charge in [-0.05, 0) is 12.8 Å². The van der Waals surface area contributed by atoms with Gasteiger partial charge in [-0.15, -0.1) is 0 Å². The third-order valence-electron chi connectivity index (χ3n) is 4.68. The van der Waals surface area contributed by atoms with Crippen molar-refractivity contribution < 1.29 is 28.5 Å². The van der Waals surface area contributed by atoms with Crippen molar-refractivity contribution in [3.8, 4) is 0 Å². The van der Waals surface area contributed by atoms with Crippen LogP contribution < -0.4 is 0 Å². The van der Waals surface area contributed by atoms with E-state index in [1.807, 2.05) is 12.2 Å². The van der Waals surface area contributed by atoms with E-state index in [2.05, 4.69) is 6.92 Å². The SMILES string of the molecule is CCCCCC[C@H](OCOC)[C@@H]1C/C=C/[C@H]2OCO[C@@H]2CCC(=O)O1. The van der Waals surface area contributed by atoms with E-state index >= 15 is 0 Å². The summed E-state index contributed by atoms with van der Waals surface area (Å²) in [6, 6.07) is 0. The van der Waals surface area contributed by atoms with Gasteiger partial charge in [0.05, 0.1) is 12.2 Å². The Morgan fingerprint density at radius 1 is 1.28 bits per heavy atom. The molecule has 2 aliphatic heterocycles. The molecule has 6 heteroatoms. The van der Waals surface area contributed by atoms with Crippen LogP contribution in [-0.2, 0) is 28.5 Å². The van der Waals surface area contributed by atoms with Gasteiger partial charge in [0, 0.05) is 20.0 Å². The lowest BCUT2D eigenvalue weighted by Crippen LogP contribution is -2.35. The van der Waals surface area contributed by atoms with Crippen molar-refractivity contribution >= 4 is 5.97 Å². The maximum Gasteiger partial charge on any atom is 0.306 e. The Labute approximate surface area is 150 Å². The highest BCUT2D eigenvalue weighted by Crippen LogP contribution is 2.23. The van der Waals surface area contributed by atoms with Crippen LogP contribution in [0, 0.1) is 0 Å². The van der Waals surface area contributed by atoms with E-state index < -0.39 is 0 Å². The molecule has 0 N–H and O–H groups in total. The van der Waals surface area contributed by atoms with Crippen LogP contribution in [0.3, 0.4) is 0 Å². The molecule has 0 bridgehead atoms. The molecule has 2 rings (SSSR count). The number of unbranched alkanes of at least 4 members (excludes halogenated alkanes) is 3. The summed E-state index contributed by atoms with van der Waals surface area (Å²) in [6.45, 7) is 2.68. The van der Waals surface area contributed by atoms with Gasteiger partial charge in [-0.25, -0.2) is 0 Å². The van der Waals surface area contributed by atoms with Crippen molar-refractivity contribution in [2.24, 2.45) is 0 Å². The van der Waals surface area contributed by atoms with Gasteiger partial charge in [-0.2, -0.15) is 0 Å². The summed E-state index contributed by atoms with van der Waals surface area (Å²) in [5.41, 5.74) is 0. The maximum absolute atomic E-state index is 12.2. The predicted octanol–water partition coefficient (Wildman–Crippen LogP) is 3.34. The van der Waals surface area contributed by atoms with Crippen molar-refractivity contribution in [1.29, 1.82) is 0 Å². The lowest BCUT2D eigenvalue weighted by Gasteiger charge is -2.27. The second-order valence-corrected chi connectivity index (χ2v) is 6.65. The molecular formula is C19H32O6. The third-order valence-corrected chi connectivity index (χ3v) is 4.68. The molecule has 144 valence electrons. The molecular weight excluding hydrogens is 324 g/mol. The van der Waals surface area contributed by atoms with Gasteiger partial charge in [0.25, 0.3) is 0 Å². The van der Waals surface area contributed by atoms with Crippen LogP contribution in [0.15, 0.2) is 12.2 Å². The van der Waals surface area contributed by atoms with Crippen LogP contribution in [0.4, 0.5) is 0 Å². The van der Waals surface area contributed by atoms with Crippen molar-refractivity contribution in [1.82, 2.24) is 0 Å².